The molecule has 0 atom stereocenters. The van der Waals surface area contributed by atoms with Gasteiger partial charge in [-0.05, 0) is 53.5 Å². The first kappa shape index (κ1) is 25.6. The molecule has 0 aromatic heterocycles. The molecule has 2 amide bonds. The number of hydrogen-bond donors (Lipinski definition) is 3. The number of amides is 2. The lowest BCUT2D eigenvalue weighted by molar-refractivity contribution is -0.145. The van der Waals surface area contributed by atoms with Crippen LogP contribution in [-0.2, 0) is 25.5 Å². The fourth-order valence-corrected chi connectivity index (χ4v) is 3.35. The second kappa shape index (κ2) is 13.7. The second-order valence-corrected chi connectivity index (χ2v) is 8.07. The average Bonchev–Trinajstić information content (AvgIpc) is 2.88. The standard InChI is InChI=1S/C26H27N3O5S/c30-23(14-15-25(32)33-16-6-9-19-7-2-1-3-8-19)27-26(35)29-28-24(31)18-34-22-13-12-20-10-4-5-11-21(20)17-22/h1-5,7-8,10-13,17H,6,9,14-16,18H2,(H,28,31)(H2,27,29,30,35). The number of fused-ring (bicyclic) bond motifs is 1. The number of aryl methyl sites for hydroxylation is 1. The lowest BCUT2D eigenvalue weighted by Crippen LogP contribution is -2.49. The molecular weight excluding hydrogens is 466 g/mol. The van der Waals surface area contributed by atoms with Gasteiger partial charge in [-0.2, -0.15) is 0 Å². The Hall–Kier alpha value is -3.98. The van der Waals surface area contributed by atoms with Gasteiger partial charge in [-0.25, -0.2) is 0 Å². The van der Waals surface area contributed by atoms with Crippen molar-refractivity contribution in [3.63, 3.8) is 0 Å². The first-order chi connectivity index (χ1) is 17.0. The predicted octanol–water partition coefficient (Wildman–Crippen LogP) is 3.20. The van der Waals surface area contributed by atoms with Crippen molar-refractivity contribution >= 4 is 45.9 Å². The second-order valence-electron chi connectivity index (χ2n) is 7.66. The van der Waals surface area contributed by atoms with Gasteiger partial charge in [0.15, 0.2) is 11.7 Å². The Labute approximate surface area is 209 Å². The van der Waals surface area contributed by atoms with Gasteiger partial charge in [-0.3, -0.25) is 25.2 Å². The Balaban J connectivity index is 1.25. The van der Waals surface area contributed by atoms with E-state index in [2.05, 4.69) is 16.2 Å². The molecular formula is C26H27N3O5S. The smallest absolute Gasteiger partial charge is 0.306 e. The highest BCUT2D eigenvalue weighted by Crippen LogP contribution is 2.20. The number of hydrogen-bond acceptors (Lipinski definition) is 6. The third kappa shape index (κ3) is 9.42. The van der Waals surface area contributed by atoms with Crippen molar-refractivity contribution in [3.8, 4) is 5.75 Å². The fraction of sp³-hybridized carbons (Fsp3) is 0.231. The topological polar surface area (TPSA) is 106 Å². The molecule has 0 aliphatic carbocycles. The minimum atomic E-state index is -0.478. The summed E-state index contributed by atoms with van der Waals surface area (Å²) in [6.07, 6.45) is 1.37. The first-order valence-corrected chi connectivity index (χ1v) is 11.6. The molecule has 0 spiro atoms. The molecule has 8 nitrogen and oxygen atoms in total. The van der Waals surface area contributed by atoms with E-state index in [0.29, 0.717) is 18.8 Å². The van der Waals surface area contributed by atoms with Crippen LogP contribution in [0.2, 0.25) is 0 Å². The van der Waals surface area contributed by atoms with Crippen molar-refractivity contribution in [2.75, 3.05) is 13.2 Å². The highest BCUT2D eigenvalue weighted by atomic mass is 32.1. The van der Waals surface area contributed by atoms with Crippen molar-refractivity contribution in [1.29, 1.82) is 0 Å². The largest absolute Gasteiger partial charge is 0.484 e. The van der Waals surface area contributed by atoms with Crippen molar-refractivity contribution in [1.82, 2.24) is 16.2 Å². The lowest BCUT2D eigenvalue weighted by Gasteiger charge is -2.11. The number of rotatable bonds is 10. The van der Waals surface area contributed by atoms with Gasteiger partial charge < -0.3 is 14.8 Å². The molecule has 3 aromatic rings. The van der Waals surface area contributed by atoms with Crippen molar-refractivity contribution < 1.29 is 23.9 Å². The van der Waals surface area contributed by atoms with Crippen LogP contribution in [0.1, 0.15) is 24.8 Å². The number of nitrogens with one attached hydrogen (secondary N) is 3. The third-order valence-corrected chi connectivity index (χ3v) is 5.14. The van der Waals surface area contributed by atoms with Crippen molar-refractivity contribution in [3.05, 3.63) is 78.4 Å². The predicted molar refractivity (Wildman–Crippen MR) is 136 cm³/mol. The summed E-state index contributed by atoms with van der Waals surface area (Å²) in [7, 11) is 0. The molecule has 0 saturated heterocycles. The number of hydrazine groups is 1. The summed E-state index contributed by atoms with van der Waals surface area (Å²) in [5, 5.41) is 4.37. The number of esters is 1. The van der Waals surface area contributed by atoms with E-state index in [-0.39, 0.29) is 24.6 Å². The van der Waals surface area contributed by atoms with Crippen LogP contribution in [0.5, 0.6) is 5.75 Å². The normalized spacial score (nSPS) is 10.3. The van der Waals surface area contributed by atoms with E-state index < -0.39 is 17.8 Å². The number of benzene rings is 3. The van der Waals surface area contributed by atoms with Crippen LogP contribution in [0.15, 0.2) is 72.8 Å². The molecule has 35 heavy (non-hydrogen) atoms. The van der Waals surface area contributed by atoms with E-state index in [1.807, 2.05) is 66.7 Å². The van der Waals surface area contributed by atoms with Gasteiger partial charge >= 0.3 is 5.97 Å². The van der Waals surface area contributed by atoms with Crippen LogP contribution in [0, 0.1) is 0 Å². The number of carbonyl (C=O) groups excluding carboxylic acids is 3. The minimum Gasteiger partial charge on any atom is -0.484 e. The molecule has 0 fully saturated rings. The van der Waals surface area contributed by atoms with Gasteiger partial charge in [0.2, 0.25) is 5.91 Å². The SMILES string of the molecule is O=C(COc1ccc2ccccc2c1)NNC(=S)NC(=O)CCC(=O)OCCCc1ccccc1. The summed E-state index contributed by atoms with van der Waals surface area (Å²) < 4.78 is 10.6. The summed E-state index contributed by atoms with van der Waals surface area (Å²) in [4.78, 5) is 35.7. The summed E-state index contributed by atoms with van der Waals surface area (Å²) >= 11 is 4.98. The Morgan fingerprint density at radius 3 is 2.34 bits per heavy atom. The molecule has 182 valence electrons. The Bertz CT molecular complexity index is 1170. The molecule has 9 heteroatoms. The third-order valence-electron chi connectivity index (χ3n) is 4.93. The molecule has 0 unspecified atom stereocenters. The van der Waals surface area contributed by atoms with Crippen molar-refractivity contribution in [2.24, 2.45) is 0 Å². The van der Waals surface area contributed by atoms with Crippen LogP contribution in [0.3, 0.4) is 0 Å². The Kier molecular flexibility index (Phi) is 10.0. The maximum absolute atomic E-state index is 12.0. The number of thiocarbonyl (C=S) groups is 1. The van der Waals surface area contributed by atoms with Crippen LogP contribution < -0.4 is 20.9 Å². The van der Waals surface area contributed by atoms with E-state index in [4.69, 9.17) is 21.7 Å². The summed E-state index contributed by atoms with van der Waals surface area (Å²) in [5.74, 6) is -0.841. The van der Waals surface area contributed by atoms with Gasteiger partial charge in [0, 0.05) is 6.42 Å². The zero-order valence-electron chi connectivity index (χ0n) is 19.1. The Morgan fingerprint density at radius 1 is 0.800 bits per heavy atom. The fourth-order valence-electron chi connectivity index (χ4n) is 3.18. The Morgan fingerprint density at radius 2 is 1.54 bits per heavy atom. The van der Waals surface area contributed by atoms with Crippen LogP contribution in [0.25, 0.3) is 10.8 Å². The van der Waals surface area contributed by atoms with Crippen LogP contribution >= 0.6 is 12.2 Å². The van der Waals surface area contributed by atoms with Crippen LogP contribution in [-0.4, -0.2) is 36.1 Å². The molecule has 3 N–H and O–H groups in total. The number of carbonyl (C=O) groups is 3. The van der Waals surface area contributed by atoms with Gasteiger partial charge in [-0.1, -0.05) is 60.7 Å². The van der Waals surface area contributed by atoms with E-state index in [1.54, 1.807) is 6.07 Å². The maximum Gasteiger partial charge on any atom is 0.306 e. The molecule has 0 heterocycles. The van der Waals surface area contributed by atoms with E-state index in [9.17, 15) is 14.4 Å². The quantitative estimate of drug-likeness (QED) is 0.172. The monoisotopic (exact) mass is 493 g/mol. The maximum atomic E-state index is 12.0. The summed E-state index contributed by atoms with van der Waals surface area (Å²) in [5.41, 5.74) is 5.95. The molecule has 0 bridgehead atoms. The zero-order chi connectivity index (χ0) is 24.9. The van der Waals surface area contributed by atoms with E-state index >= 15 is 0 Å². The van der Waals surface area contributed by atoms with E-state index in [0.717, 1.165) is 17.2 Å². The molecule has 0 saturated carbocycles. The van der Waals surface area contributed by atoms with Gasteiger partial charge in [0.25, 0.3) is 5.91 Å². The minimum absolute atomic E-state index is 0.0637. The molecule has 3 rings (SSSR count). The highest BCUT2D eigenvalue weighted by molar-refractivity contribution is 7.80. The molecule has 0 aliphatic rings. The highest BCUT2D eigenvalue weighted by Gasteiger charge is 2.10. The number of ether oxygens (including phenoxy) is 2. The van der Waals surface area contributed by atoms with E-state index in [1.165, 1.54) is 5.56 Å². The molecule has 0 aliphatic heterocycles. The zero-order valence-corrected chi connectivity index (χ0v) is 19.9. The van der Waals surface area contributed by atoms with Gasteiger partial charge in [-0.15, -0.1) is 0 Å². The molecule has 3 aromatic carbocycles. The molecule has 0 radical (unpaired) electrons. The van der Waals surface area contributed by atoms with Gasteiger partial charge in [0.1, 0.15) is 5.75 Å². The average molecular weight is 494 g/mol. The first-order valence-electron chi connectivity index (χ1n) is 11.2. The van der Waals surface area contributed by atoms with Gasteiger partial charge in [0.05, 0.1) is 13.0 Å². The van der Waals surface area contributed by atoms with Crippen LogP contribution in [0.4, 0.5) is 0 Å². The lowest BCUT2D eigenvalue weighted by atomic mass is 10.1. The summed E-state index contributed by atoms with van der Waals surface area (Å²) in [6, 6.07) is 23.3. The van der Waals surface area contributed by atoms with Crippen molar-refractivity contribution in [2.45, 2.75) is 25.7 Å². The summed E-state index contributed by atoms with van der Waals surface area (Å²) in [6.45, 7) is 0.0562.